The van der Waals surface area contributed by atoms with Crippen molar-refractivity contribution >= 4 is 12.0 Å². The molecular weight excluding hydrogens is 272 g/mol. The van der Waals surface area contributed by atoms with Crippen LogP contribution in [-0.4, -0.2) is 40.0 Å². The number of hydrogen-bond acceptors (Lipinski definition) is 3. The topological polar surface area (TPSA) is 96.2 Å². The van der Waals surface area contributed by atoms with Crippen molar-refractivity contribution in [2.24, 2.45) is 18.9 Å². The molecule has 1 fully saturated rings. The molecule has 7 heteroatoms. The highest BCUT2D eigenvalue weighted by molar-refractivity contribution is 5.74. The number of carboxylic acid groups (broad SMARTS) is 1. The number of aromatic nitrogens is 2. The van der Waals surface area contributed by atoms with Gasteiger partial charge in [0.2, 0.25) is 0 Å². The van der Waals surface area contributed by atoms with E-state index < -0.39 is 5.97 Å². The lowest BCUT2D eigenvalue weighted by Crippen LogP contribution is -2.40. The van der Waals surface area contributed by atoms with Gasteiger partial charge in [0.25, 0.3) is 0 Å². The Morgan fingerprint density at radius 3 is 2.90 bits per heavy atom. The van der Waals surface area contributed by atoms with E-state index in [9.17, 15) is 9.59 Å². The maximum absolute atomic E-state index is 11.7. The number of aryl methyl sites for hydroxylation is 1. The summed E-state index contributed by atoms with van der Waals surface area (Å²) in [5.74, 6) is -1.03. The van der Waals surface area contributed by atoms with Gasteiger partial charge in [0, 0.05) is 32.8 Å². The molecule has 2 amide bonds. The minimum absolute atomic E-state index is 0.0454. The summed E-state index contributed by atoms with van der Waals surface area (Å²) in [6.07, 6.45) is 5.04. The SMILES string of the molecule is Cn1ccc(CCNC(=O)NCC2CCCC2C(=O)O)n1. The maximum atomic E-state index is 11.7. The molecule has 1 heterocycles. The normalized spacial score (nSPS) is 21.2. The lowest BCUT2D eigenvalue weighted by Gasteiger charge is -2.16. The van der Waals surface area contributed by atoms with E-state index in [1.54, 1.807) is 4.68 Å². The van der Waals surface area contributed by atoms with E-state index >= 15 is 0 Å². The number of rotatable bonds is 6. The Labute approximate surface area is 123 Å². The number of carboxylic acids is 1. The molecule has 116 valence electrons. The molecule has 0 saturated heterocycles. The summed E-state index contributed by atoms with van der Waals surface area (Å²) in [6, 6.07) is 1.66. The third-order valence-corrected chi connectivity index (χ3v) is 3.94. The van der Waals surface area contributed by atoms with Gasteiger partial charge in [-0.25, -0.2) is 4.79 Å². The number of nitrogens with zero attached hydrogens (tertiary/aromatic N) is 2. The van der Waals surface area contributed by atoms with Gasteiger partial charge < -0.3 is 15.7 Å². The Hall–Kier alpha value is -2.05. The molecule has 1 aromatic rings. The summed E-state index contributed by atoms with van der Waals surface area (Å²) in [6.45, 7) is 0.933. The second-order valence-corrected chi connectivity index (χ2v) is 5.50. The first kappa shape index (κ1) is 15.3. The van der Waals surface area contributed by atoms with Crippen LogP contribution in [0.25, 0.3) is 0 Å². The molecule has 0 bridgehead atoms. The summed E-state index contributed by atoms with van der Waals surface area (Å²) in [4.78, 5) is 22.7. The number of nitrogens with one attached hydrogen (secondary N) is 2. The van der Waals surface area contributed by atoms with Crippen LogP contribution in [0.1, 0.15) is 25.0 Å². The molecule has 3 N–H and O–H groups in total. The van der Waals surface area contributed by atoms with Crippen LogP contribution in [0.5, 0.6) is 0 Å². The molecule has 2 rings (SSSR count). The van der Waals surface area contributed by atoms with E-state index in [1.165, 1.54) is 0 Å². The predicted molar refractivity (Wildman–Crippen MR) is 76.8 cm³/mol. The second kappa shape index (κ2) is 7.10. The molecule has 0 spiro atoms. The standard InChI is InChI=1S/C14H22N4O3/c1-18-8-6-11(17-18)5-7-15-14(21)16-9-10-3-2-4-12(10)13(19)20/h6,8,10,12H,2-5,7,9H2,1H3,(H,19,20)(H2,15,16,21). The molecule has 1 saturated carbocycles. The largest absolute Gasteiger partial charge is 0.481 e. The Kier molecular flexibility index (Phi) is 5.19. The van der Waals surface area contributed by atoms with Gasteiger partial charge >= 0.3 is 12.0 Å². The monoisotopic (exact) mass is 294 g/mol. The first-order valence-electron chi connectivity index (χ1n) is 7.29. The number of urea groups is 1. The number of hydrogen-bond donors (Lipinski definition) is 3. The number of carbonyl (C=O) groups excluding carboxylic acids is 1. The highest BCUT2D eigenvalue weighted by Gasteiger charge is 2.32. The van der Waals surface area contributed by atoms with Crippen LogP contribution in [-0.2, 0) is 18.3 Å². The number of amides is 2. The van der Waals surface area contributed by atoms with Crippen LogP contribution >= 0.6 is 0 Å². The van der Waals surface area contributed by atoms with Crippen molar-refractivity contribution in [2.75, 3.05) is 13.1 Å². The Morgan fingerprint density at radius 2 is 2.24 bits per heavy atom. The van der Waals surface area contributed by atoms with Gasteiger partial charge in [0.05, 0.1) is 11.6 Å². The molecule has 1 aliphatic rings. The highest BCUT2D eigenvalue weighted by atomic mass is 16.4. The molecule has 7 nitrogen and oxygen atoms in total. The zero-order chi connectivity index (χ0) is 15.2. The van der Waals surface area contributed by atoms with Crippen LogP contribution in [0.2, 0.25) is 0 Å². The fraction of sp³-hybridized carbons (Fsp3) is 0.643. The van der Waals surface area contributed by atoms with Gasteiger partial charge in [0.15, 0.2) is 0 Å². The van der Waals surface area contributed by atoms with Crippen molar-refractivity contribution in [3.63, 3.8) is 0 Å². The van der Waals surface area contributed by atoms with E-state index in [1.807, 2.05) is 19.3 Å². The highest BCUT2D eigenvalue weighted by Crippen LogP contribution is 2.31. The minimum Gasteiger partial charge on any atom is -0.481 e. The Bertz CT molecular complexity index is 500. The molecular formula is C14H22N4O3. The molecule has 2 unspecified atom stereocenters. The zero-order valence-corrected chi connectivity index (χ0v) is 12.2. The molecule has 21 heavy (non-hydrogen) atoms. The minimum atomic E-state index is -0.755. The van der Waals surface area contributed by atoms with Gasteiger partial charge in [-0.2, -0.15) is 5.10 Å². The molecule has 0 radical (unpaired) electrons. The van der Waals surface area contributed by atoms with Crippen LogP contribution in [0.3, 0.4) is 0 Å². The van der Waals surface area contributed by atoms with Crippen molar-refractivity contribution in [3.05, 3.63) is 18.0 Å². The fourth-order valence-electron chi connectivity index (χ4n) is 2.79. The van der Waals surface area contributed by atoms with E-state index in [0.29, 0.717) is 25.9 Å². The molecule has 1 aromatic heterocycles. The lowest BCUT2D eigenvalue weighted by molar-refractivity contribution is -0.142. The molecule has 1 aliphatic carbocycles. The van der Waals surface area contributed by atoms with E-state index in [2.05, 4.69) is 15.7 Å². The third-order valence-electron chi connectivity index (χ3n) is 3.94. The van der Waals surface area contributed by atoms with E-state index in [4.69, 9.17) is 5.11 Å². The summed E-state index contributed by atoms with van der Waals surface area (Å²) in [7, 11) is 1.85. The summed E-state index contributed by atoms with van der Waals surface area (Å²) < 4.78 is 1.72. The lowest BCUT2D eigenvalue weighted by atomic mass is 9.96. The van der Waals surface area contributed by atoms with Gasteiger partial charge in [-0.1, -0.05) is 6.42 Å². The number of aliphatic carboxylic acids is 1. The average Bonchev–Trinajstić information content (AvgIpc) is 3.05. The predicted octanol–water partition coefficient (Wildman–Crippen LogP) is 0.763. The van der Waals surface area contributed by atoms with Gasteiger partial charge in [0.1, 0.15) is 0 Å². The van der Waals surface area contributed by atoms with Crippen LogP contribution in [0.15, 0.2) is 12.3 Å². The third kappa shape index (κ3) is 4.47. The first-order chi connectivity index (χ1) is 10.1. The first-order valence-corrected chi connectivity index (χ1v) is 7.29. The quantitative estimate of drug-likeness (QED) is 0.722. The fourth-order valence-corrected chi connectivity index (χ4v) is 2.79. The van der Waals surface area contributed by atoms with E-state index in [0.717, 1.165) is 18.5 Å². The maximum Gasteiger partial charge on any atom is 0.314 e. The smallest absolute Gasteiger partial charge is 0.314 e. The van der Waals surface area contributed by atoms with Crippen molar-refractivity contribution in [1.82, 2.24) is 20.4 Å². The van der Waals surface area contributed by atoms with Crippen molar-refractivity contribution in [3.8, 4) is 0 Å². The van der Waals surface area contributed by atoms with Crippen LogP contribution in [0.4, 0.5) is 4.79 Å². The number of carbonyl (C=O) groups is 2. The van der Waals surface area contributed by atoms with Gasteiger partial charge in [-0.3, -0.25) is 9.48 Å². The second-order valence-electron chi connectivity index (χ2n) is 5.50. The van der Waals surface area contributed by atoms with Crippen molar-refractivity contribution in [1.29, 1.82) is 0 Å². The Morgan fingerprint density at radius 1 is 1.43 bits per heavy atom. The summed E-state index contributed by atoms with van der Waals surface area (Å²) >= 11 is 0. The van der Waals surface area contributed by atoms with Crippen molar-refractivity contribution in [2.45, 2.75) is 25.7 Å². The van der Waals surface area contributed by atoms with Gasteiger partial charge in [-0.05, 0) is 24.8 Å². The van der Waals surface area contributed by atoms with Crippen LogP contribution < -0.4 is 10.6 Å². The zero-order valence-electron chi connectivity index (χ0n) is 12.2. The van der Waals surface area contributed by atoms with E-state index in [-0.39, 0.29) is 17.9 Å². The average molecular weight is 294 g/mol. The van der Waals surface area contributed by atoms with Crippen molar-refractivity contribution < 1.29 is 14.7 Å². The van der Waals surface area contributed by atoms with Gasteiger partial charge in [-0.15, -0.1) is 0 Å². The summed E-state index contributed by atoms with van der Waals surface area (Å²) in [5.41, 5.74) is 0.930. The van der Waals surface area contributed by atoms with Crippen LogP contribution in [0, 0.1) is 11.8 Å². The Balaban J connectivity index is 1.64. The molecule has 0 aromatic carbocycles. The molecule has 2 atom stereocenters. The molecule has 0 aliphatic heterocycles. The summed E-state index contributed by atoms with van der Waals surface area (Å²) in [5, 5.41) is 18.8.